The number of carbonyl (C=O) groups is 1. The van der Waals surface area contributed by atoms with Gasteiger partial charge in [0.25, 0.3) is 0 Å². The Morgan fingerprint density at radius 1 is 1.22 bits per heavy atom. The van der Waals surface area contributed by atoms with Gasteiger partial charge in [0.05, 0.1) is 13.5 Å². The SMILES string of the molecule is COC(=O)CC(N)c1ccc2cc(C)ccc2c1. The molecule has 94 valence electrons. The Labute approximate surface area is 107 Å². The average Bonchev–Trinajstić information content (AvgIpc) is 2.37. The number of benzene rings is 2. The maximum absolute atomic E-state index is 11.2. The van der Waals surface area contributed by atoms with E-state index in [1.54, 1.807) is 0 Å². The summed E-state index contributed by atoms with van der Waals surface area (Å²) in [4.78, 5) is 11.2. The van der Waals surface area contributed by atoms with Gasteiger partial charge in [0.15, 0.2) is 0 Å². The Hall–Kier alpha value is -1.87. The van der Waals surface area contributed by atoms with Crippen molar-refractivity contribution in [3.8, 4) is 0 Å². The molecule has 0 saturated carbocycles. The molecule has 0 spiro atoms. The van der Waals surface area contributed by atoms with Gasteiger partial charge in [-0.25, -0.2) is 0 Å². The molecule has 0 aliphatic carbocycles. The van der Waals surface area contributed by atoms with E-state index in [4.69, 9.17) is 5.73 Å². The first kappa shape index (κ1) is 12.6. The summed E-state index contributed by atoms with van der Waals surface area (Å²) in [6.07, 6.45) is 0.202. The van der Waals surface area contributed by atoms with Gasteiger partial charge >= 0.3 is 5.97 Å². The Kier molecular flexibility index (Phi) is 3.63. The molecule has 0 saturated heterocycles. The minimum atomic E-state index is -0.317. The van der Waals surface area contributed by atoms with Crippen LogP contribution in [0.2, 0.25) is 0 Å². The van der Waals surface area contributed by atoms with Gasteiger partial charge in [0.1, 0.15) is 0 Å². The first-order chi connectivity index (χ1) is 8.60. The summed E-state index contributed by atoms with van der Waals surface area (Å²) in [6, 6.07) is 12.0. The predicted molar refractivity (Wildman–Crippen MR) is 72.2 cm³/mol. The van der Waals surface area contributed by atoms with Gasteiger partial charge < -0.3 is 10.5 Å². The first-order valence-corrected chi connectivity index (χ1v) is 5.93. The lowest BCUT2D eigenvalue weighted by Gasteiger charge is -2.11. The van der Waals surface area contributed by atoms with Crippen molar-refractivity contribution in [2.24, 2.45) is 5.73 Å². The molecule has 0 radical (unpaired) electrons. The molecule has 1 unspecified atom stereocenters. The number of carbonyl (C=O) groups excluding carboxylic acids is 1. The largest absolute Gasteiger partial charge is 0.469 e. The van der Waals surface area contributed by atoms with Gasteiger partial charge in [-0.2, -0.15) is 0 Å². The van der Waals surface area contributed by atoms with Crippen LogP contribution in [0.4, 0.5) is 0 Å². The summed E-state index contributed by atoms with van der Waals surface area (Å²) in [5, 5.41) is 2.32. The molecule has 1 atom stereocenters. The molecule has 0 heterocycles. The van der Waals surface area contributed by atoms with E-state index in [1.165, 1.54) is 18.1 Å². The number of ether oxygens (including phenoxy) is 1. The summed E-state index contributed by atoms with van der Waals surface area (Å²) in [5.74, 6) is -0.286. The van der Waals surface area contributed by atoms with Crippen LogP contribution in [0.15, 0.2) is 36.4 Å². The van der Waals surface area contributed by atoms with Crippen LogP contribution in [0.5, 0.6) is 0 Å². The van der Waals surface area contributed by atoms with Crippen LogP contribution < -0.4 is 5.73 Å². The molecule has 2 rings (SSSR count). The minimum absolute atomic E-state index is 0.202. The van der Waals surface area contributed by atoms with Crippen LogP contribution in [0.3, 0.4) is 0 Å². The van der Waals surface area contributed by atoms with Crippen LogP contribution in [0.1, 0.15) is 23.6 Å². The number of methoxy groups -OCH3 is 1. The normalized spacial score (nSPS) is 12.4. The van der Waals surface area contributed by atoms with Gasteiger partial charge in [-0.15, -0.1) is 0 Å². The van der Waals surface area contributed by atoms with Crippen molar-refractivity contribution in [2.75, 3.05) is 7.11 Å². The van der Waals surface area contributed by atoms with Gasteiger partial charge in [-0.05, 0) is 29.3 Å². The number of hydrogen-bond acceptors (Lipinski definition) is 3. The molecule has 3 heteroatoms. The molecule has 2 aromatic carbocycles. The van der Waals surface area contributed by atoms with Gasteiger partial charge in [0, 0.05) is 6.04 Å². The zero-order valence-electron chi connectivity index (χ0n) is 10.6. The van der Waals surface area contributed by atoms with Crippen LogP contribution in [-0.4, -0.2) is 13.1 Å². The third-order valence-electron chi connectivity index (χ3n) is 3.06. The van der Waals surface area contributed by atoms with E-state index in [1.807, 2.05) is 18.2 Å². The number of aryl methyl sites for hydroxylation is 1. The zero-order valence-corrected chi connectivity index (χ0v) is 10.6. The topological polar surface area (TPSA) is 52.3 Å². The van der Waals surface area contributed by atoms with Crippen molar-refractivity contribution in [1.29, 1.82) is 0 Å². The highest BCUT2D eigenvalue weighted by molar-refractivity contribution is 5.84. The third kappa shape index (κ3) is 2.68. The highest BCUT2D eigenvalue weighted by Gasteiger charge is 2.12. The molecule has 3 nitrogen and oxygen atoms in total. The van der Waals surface area contributed by atoms with Crippen molar-refractivity contribution in [3.05, 3.63) is 47.5 Å². The number of rotatable bonds is 3. The minimum Gasteiger partial charge on any atom is -0.469 e. The summed E-state index contributed by atoms with van der Waals surface area (Å²) in [7, 11) is 1.37. The van der Waals surface area contributed by atoms with Crippen LogP contribution in [0, 0.1) is 6.92 Å². The van der Waals surface area contributed by atoms with E-state index in [-0.39, 0.29) is 18.4 Å². The lowest BCUT2D eigenvalue weighted by Crippen LogP contribution is -2.16. The van der Waals surface area contributed by atoms with Crippen molar-refractivity contribution in [3.63, 3.8) is 0 Å². The molecule has 18 heavy (non-hydrogen) atoms. The molecular weight excluding hydrogens is 226 g/mol. The summed E-state index contributed by atoms with van der Waals surface area (Å²) >= 11 is 0. The third-order valence-corrected chi connectivity index (χ3v) is 3.06. The van der Waals surface area contributed by atoms with Crippen LogP contribution in [-0.2, 0) is 9.53 Å². The van der Waals surface area contributed by atoms with Crippen molar-refractivity contribution >= 4 is 16.7 Å². The molecule has 0 fully saturated rings. The Morgan fingerprint density at radius 3 is 2.61 bits per heavy atom. The molecule has 2 aromatic rings. The maximum atomic E-state index is 11.2. The summed E-state index contributed by atoms with van der Waals surface area (Å²) < 4.78 is 4.63. The number of nitrogens with two attached hydrogens (primary N) is 1. The van der Waals surface area contributed by atoms with E-state index >= 15 is 0 Å². The molecule has 0 amide bonds. The molecule has 0 aliphatic heterocycles. The van der Waals surface area contributed by atoms with Gasteiger partial charge in [0.2, 0.25) is 0 Å². The first-order valence-electron chi connectivity index (χ1n) is 5.93. The second kappa shape index (κ2) is 5.19. The zero-order chi connectivity index (χ0) is 13.1. The Morgan fingerprint density at radius 2 is 1.89 bits per heavy atom. The van der Waals surface area contributed by atoms with Gasteiger partial charge in [-0.3, -0.25) is 4.79 Å². The fraction of sp³-hybridized carbons (Fsp3) is 0.267. The molecule has 0 aromatic heterocycles. The smallest absolute Gasteiger partial charge is 0.307 e. The second-order valence-corrected chi connectivity index (χ2v) is 4.50. The number of esters is 1. The van der Waals surface area contributed by atoms with Crippen molar-refractivity contribution < 1.29 is 9.53 Å². The van der Waals surface area contributed by atoms with Crippen molar-refractivity contribution in [1.82, 2.24) is 0 Å². The molecular formula is C15H17NO2. The number of hydrogen-bond donors (Lipinski definition) is 1. The van der Waals surface area contributed by atoms with E-state index in [0.29, 0.717) is 0 Å². The van der Waals surface area contributed by atoms with E-state index in [9.17, 15) is 4.79 Å². The van der Waals surface area contributed by atoms with Crippen LogP contribution >= 0.6 is 0 Å². The Balaban J connectivity index is 2.29. The van der Waals surface area contributed by atoms with E-state index in [2.05, 4.69) is 29.9 Å². The van der Waals surface area contributed by atoms with Crippen LogP contribution in [0.25, 0.3) is 10.8 Å². The second-order valence-electron chi connectivity index (χ2n) is 4.50. The monoisotopic (exact) mass is 243 g/mol. The molecule has 0 aliphatic rings. The fourth-order valence-electron chi connectivity index (χ4n) is 2.00. The quantitative estimate of drug-likeness (QED) is 0.843. The fourth-order valence-corrected chi connectivity index (χ4v) is 2.00. The highest BCUT2D eigenvalue weighted by atomic mass is 16.5. The van der Waals surface area contributed by atoms with E-state index < -0.39 is 0 Å². The van der Waals surface area contributed by atoms with Crippen molar-refractivity contribution in [2.45, 2.75) is 19.4 Å². The maximum Gasteiger partial charge on any atom is 0.307 e. The van der Waals surface area contributed by atoms with E-state index in [0.717, 1.165) is 10.9 Å². The Bertz CT molecular complexity index is 578. The van der Waals surface area contributed by atoms with Gasteiger partial charge in [-0.1, -0.05) is 35.9 Å². The summed E-state index contributed by atoms with van der Waals surface area (Å²) in [6.45, 7) is 2.07. The average molecular weight is 243 g/mol. The molecule has 0 bridgehead atoms. The number of fused-ring (bicyclic) bond motifs is 1. The lowest BCUT2D eigenvalue weighted by molar-refractivity contribution is -0.141. The summed E-state index contributed by atoms with van der Waals surface area (Å²) in [5.41, 5.74) is 8.18. The predicted octanol–water partition coefficient (Wildman–Crippen LogP) is 2.71. The molecule has 2 N–H and O–H groups in total. The standard InChI is InChI=1S/C15H17NO2/c1-10-3-4-12-8-13(6-5-11(12)7-10)14(16)9-15(17)18-2/h3-8,14H,9,16H2,1-2H3. The lowest BCUT2D eigenvalue weighted by atomic mass is 9.99. The highest BCUT2D eigenvalue weighted by Crippen LogP contribution is 2.22.